The molecule has 4 aromatic rings. The minimum Gasteiger partial charge on any atom is -0.439 e. The van der Waals surface area contributed by atoms with Gasteiger partial charge in [-0.3, -0.25) is 14.5 Å². The molecule has 218 valence electrons. The van der Waals surface area contributed by atoms with Crippen molar-refractivity contribution in [2.75, 3.05) is 29.0 Å². The van der Waals surface area contributed by atoms with E-state index in [1.807, 2.05) is 12.1 Å². The Balaban J connectivity index is 1.17. The standard InChI is InChI=1S/C31H31FN4O5S/c1-42(38,39)34-25-11-13-29(14-12-25)40-30-15-10-23(21-33-30)22-35-18-16-26(17-19-35)36(27-7-5-6-24(32)20-27)31(37)41-28-8-3-2-4-9-28/h2-15,20-21,26,34H,16-19,22H2,1H3. The normalized spacial score (nSPS) is 14.2. The maximum atomic E-state index is 14.1. The highest BCUT2D eigenvalue weighted by Crippen LogP contribution is 2.27. The molecule has 2 heterocycles. The highest BCUT2D eigenvalue weighted by molar-refractivity contribution is 7.92. The van der Waals surface area contributed by atoms with E-state index >= 15 is 0 Å². The molecule has 1 amide bonds. The average Bonchev–Trinajstić information content (AvgIpc) is 2.96. The number of benzene rings is 3. The summed E-state index contributed by atoms with van der Waals surface area (Å²) in [5, 5.41) is 0. The van der Waals surface area contributed by atoms with Gasteiger partial charge in [0.05, 0.1) is 11.9 Å². The topological polar surface area (TPSA) is 101 Å². The predicted octanol–water partition coefficient (Wildman–Crippen LogP) is 6.05. The first-order chi connectivity index (χ1) is 20.2. The number of aromatic nitrogens is 1. The lowest BCUT2D eigenvalue weighted by molar-refractivity contribution is 0.182. The molecule has 1 aromatic heterocycles. The number of rotatable bonds is 9. The molecule has 1 fully saturated rings. The molecule has 0 atom stereocenters. The highest BCUT2D eigenvalue weighted by atomic mass is 32.2. The first kappa shape index (κ1) is 29.0. The van der Waals surface area contributed by atoms with E-state index in [0.717, 1.165) is 24.9 Å². The van der Waals surface area contributed by atoms with Gasteiger partial charge in [0.15, 0.2) is 0 Å². The van der Waals surface area contributed by atoms with Crippen LogP contribution < -0.4 is 19.1 Å². The van der Waals surface area contributed by atoms with Crippen molar-refractivity contribution in [3.8, 4) is 17.4 Å². The monoisotopic (exact) mass is 590 g/mol. The van der Waals surface area contributed by atoms with Gasteiger partial charge in [-0.25, -0.2) is 22.6 Å². The number of pyridine rings is 1. The number of para-hydroxylation sites is 1. The zero-order chi connectivity index (χ0) is 29.5. The Kier molecular flexibility index (Phi) is 8.99. The van der Waals surface area contributed by atoms with Gasteiger partial charge >= 0.3 is 6.09 Å². The predicted molar refractivity (Wildman–Crippen MR) is 159 cm³/mol. The van der Waals surface area contributed by atoms with Gasteiger partial charge in [-0.2, -0.15) is 0 Å². The second-order valence-electron chi connectivity index (χ2n) is 10.0. The number of hydrogen-bond acceptors (Lipinski definition) is 7. The van der Waals surface area contributed by atoms with Crippen molar-refractivity contribution in [2.24, 2.45) is 0 Å². The third-order valence-electron chi connectivity index (χ3n) is 6.74. The van der Waals surface area contributed by atoms with E-state index < -0.39 is 21.9 Å². The number of ether oxygens (including phenoxy) is 2. The molecule has 0 unspecified atom stereocenters. The Morgan fingerprint density at radius 1 is 0.976 bits per heavy atom. The number of piperidine rings is 1. The number of amides is 1. The smallest absolute Gasteiger partial charge is 0.420 e. The molecule has 0 aliphatic carbocycles. The number of nitrogens with zero attached hydrogens (tertiary/aromatic N) is 3. The maximum absolute atomic E-state index is 14.1. The Labute approximate surface area is 244 Å². The lowest BCUT2D eigenvalue weighted by Crippen LogP contribution is -2.48. The van der Waals surface area contributed by atoms with Gasteiger partial charge in [0, 0.05) is 43.6 Å². The summed E-state index contributed by atoms with van der Waals surface area (Å²) in [6.07, 6.45) is 3.71. The van der Waals surface area contributed by atoms with Crippen LogP contribution in [0.5, 0.6) is 17.4 Å². The van der Waals surface area contributed by atoms with Crippen molar-refractivity contribution in [3.05, 3.63) is 109 Å². The third-order valence-corrected chi connectivity index (χ3v) is 7.34. The molecular formula is C31H31FN4O5S. The third kappa shape index (κ3) is 8.05. The molecule has 1 aliphatic heterocycles. The fourth-order valence-corrected chi connectivity index (χ4v) is 5.38. The Hall–Kier alpha value is -4.48. The number of sulfonamides is 1. The molecule has 11 heteroatoms. The second-order valence-corrected chi connectivity index (χ2v) is 11.8. The Morgan fingerprint density at radius 2 is 1.71 bits per heavy atom. The fourth-order valence-electron chi connectivity index (χ4n) is 4.81. The van der Waals surface area contributed by atoms with Gasteiger partial charge in [-0.15, -0.1) is 0 Å². The van der Waals surface area contributed by atoms with Crippen LogP contribution in [0.15, 0.2) is 97.2 Å². The SMILES string of the molecule is CS(=O)(=O)Nc1ccc(Oc2ccc(CN3CCC(N(C(=O)Oc4ccccc4)c4cccc(F)c4)CC3)cn2)cc1. The fraction of sp³-hybridized carbons (Fsp3) is 0.226. The van der Waals surface area contributed by atoms with Crippen molar-refractivity contribution >= 4 is 27.5 Å². The summed E-state index contributed by atoms with van der Waals surface area (Å²) in [4.78, 5) is 21.5. The quantitative estimate of drug-likeness (QED) is 0.253. The zero-order valence-electron chi connectivity index (χ0n) is 23.0. The summed E-state index contributed by atoms with van der Waals surface area (Å²) in [7, 11) is -3.35. The van der Waals surface area contributed by atoms with Crippen LogP contribution in [0, 0.1) is 5.82 Å². The summed E-state index contributed by atoms with van der Waals surface area (Å²) in [5.41, 5.74) is 1.93. The molecule has 3 aromatic carbocycles. The molecule has 42 heavy (non-hydrogen) atoms. The molecule has 1 saturated heterocycles. The van der Waals surface area contributed by atoms with Gasteiger partial charge in [-0.1, -0.05) is 30.3 Å². The molecule has 0 spiro atoms. The number of carbonyl (C=O) groups is 1. The van der Waals surface area contributed by atoms with Crippen LogP contribution in [0.25, 0.3) is 0 Å². The first-order valence-electron chi connectivity index (χ1n) is 13.5. The van der Waals surface area contributed by atoms with Crippen molar-refractivity contribution < 1.29 is 27.1 Å². The zero-order valence-corrected chi connectivity index (χ0v) is 23.8. The molecule has 0 saturated carbocycles. The van der Waals surface area contributed by atoms with Gasteiger partial charge in [0.2, 0.25) is 15.9 Å². The van der Waals surface area contributed by atoms with Crippen LogP contribution in [-0.2, 0) is 16.6 Å². The number of likely N-dealkylation sites (tertiary alicyclic amines) is 1. The second kappa shape index (κ2) is 13.0. The number of nitrogens with one attached hydrogen (secondary N) is 1. The van der Waals surface area contributed by atoms with Crippen LogP contribution in [0.2, 0.25) is 0 Å². The minimum atomic E-state index is -3.35. The summed E-state index contributed by atoms with van der Waals surface area (Å²) < 4.78 is 50.6. The van der Waals surface area contributed by atoms with Crippen LogP contribution in [0.4, 0.5) is 20.6 Å². The van der Waals surface area contributed by atoms with Crippen molar-refractivity contribution in [3.63, 3.8) is 0 Å². The van der Waals surface area contributed by atoms with Crippen LogP contribution in [0.3, 0.4) is 0 Å². The van der Waals surface area contributed by atoms with Gasteiger partial charge in [0.25, 0.3) is 0 Å². The van der Waals surface area contributed by atoms with Crippen LogP contribution in [0.1, 0.15) is 18.4 Å². The van der Waals surface area contributed by atoms with E-state index in [4.69, 9.17) is 9.47 Å². The summed E-state index contributed by atoms with van der Waals surface area (Å²) >= 11 is 0. The maximum Gasteiger partial charge on any atom is 0.420 e. The van der Waals surface area contributed by atoms with E-state index in [-0.39, 0.29) is 6.04 Å². The van der Waals surface area contributed by atoms with Crippen molar-refractivity contribution in [1.82, 2.24) is 9.88 Å². The molecule has 1 N–H and O–H groups in total. The first-order valence-corrected chi connectivity index (χ1v) is 15.4. The summed E-state index contributed by atoms with van der Waals surface area (Å²) in [6, 6.07) is 25.0. The van der Waals surface area contributed by atoms with Gasteiger partial charge in [-0.05, 0) is 73.0 Å². The van der Waals surface area contributed by atoms with E-state index in [9.17, 15) is 17.6 Å². The molecule has 5 rings (SSSR count). The lowest BCUT2D eigenvalue weighted by atomic mass is 10.0. The Bertz CT molecular complexity index is 1590. The van der Waals surface area contributed by atoms with Crippen molar-refractivity contribution in [1.29, 1.82) is 0 Å². The number of halogens is 1. The average molecular weight is 591 g/mol. The molecule has 1 aliphatic rings. The molecular weight excluding hydrogens is 559 g/mol. The van der Waals surface area contributed by atoms with E-state index in [1.54, 1.807) is 77.8 Å². The number of anilines is 2. The van der Waals surface area contributed by atoms with E-state index in [2.05, 4.69) is 14.6 Å². The Morgan fingerprint density at radius 3 is 2.36 bits per heavy atom. The minimum absolute atomic E-state index is 0.146. The van der Waals surface area contributed by atoms with E-state index in [0.29, 0.717) is 48.1 Å². The summed E-state index contributed by atoms with van der Waals surface area (Å²) in [6.45, 7) is 2.16. The number of hydrogen-bond donors (Lipinski definition) is 1. The summed E-state index contributed by atoms with van der Waals surface area (Å²) in [5.74, 6) is 0.972. The molecule has 9 nitrogen and oxygen atoms in total. The van der Waals surface area contributed by atoms with Crippen molar-refractivity contribution in [2.45, 2.75) is 25.4 Å². The van der Waals surface area contributed by atoms with Crippen LogP contribution >= 0.6 is 0 Å². The lowest BCUT2D eigenvalue weighted by Gasteiger charge is -2.38. The van der Waals surface area contributed by atoms with E-state index in [1.165, 1.54) is 12.1 Å². The largest absolute Gasteiger partial charge is 0.439 e. The van der Waals surface area contributed by atoms with Gasteiger partial charge < -0.3 is 9.47 Å². The van der Waals surface area contributed by atoms with Crippen LogP contribution in [-0.4, -0.2) is 49.8 Å². The van der Waals surface area contributed by atoms with Gasteiger partial charge in [0.1, 0.15) is 17.3 Å². The number of carbonyl (C=O) groups excluding carboxylic acids is 1. The molecule has 0 bridgehead atoms. The molecule has 0 radical (unpaired) electrons. The highest BCUT2D eigenvalue weighted by Gasteiger charge is 2.31.